The molecule has 27 aromatic rings. The van der Waals surface area contributed by atoms with E-state index in [-0.39, 0.29) is 0 Å². The van der Waals surface area contributed by atoms with Crippen LogP contribution in [0, 0.1) is 0 Å². The standard InChI is InChI=1S/C47H31N3.C41H27N3.C35H23N3/c1-3-9-32(10-4-1)34-15-21-38(22-16-34)49-44-14-8-7-13-40(44)43-29-36(20-26-45(43)49)37-19-25-41-42-27-28-48-31-47(42)50(46(41)30-37)39-23-17-35(18-24-39)33-11-5-2-6-12-33;1-3-10-28(11-4-1)29-12-9-15-33(24-29)44-40-26-31(18-20-35(40)36-22-23-42-27-41(36)44)30-19-21-39-37(25-30)34-16-7-8-17-38(34)43(39)32-13-5-2-6-14-32;1-3-9-26(10-4-1)37-32-14-8-7-13-28(32)29-17-15-25(22-34(29)37)24-16-18-33-31(21-24)30-19-20-36-23-35(30)38(33)27-11-5-2-6-12-27/h1-31H;1-27H;1-23H. The molecule has 0 fully saturated rings. The number of nitrogens with zero attached hydrogens (tertiary/aromatic N) is 9. The highest BCUT2D eigenvalue weighted by molar-refractivity contribution is 6.17. The lowest BCUT2D eigenvalue weighted by atomic mass is 10.0. The van der Waals surface area contributed by atoms with Gasteiger partial charge in [0.05, 0.1) is 84.8 Å². The van der Waals surface area contributed by atoms with Gasteiger partial charge in [0, 0.05) is 117 Å². The molecule has 0 bridgehead atoms. The summed E-state index contributed by atoms with van der Waals surface area (Å²) in [4.78, 5) is 13.5. The van der Waals surface area contributed by atoms with E-state index in [9.17, 15) is 0 Å². The van der Waals surface area contributed by atoms with Gasteiger partial charge in [-0.1, -0.05) is 291 Å². The first-order valence-corrected chi connectivity index (χ1v) is 44.9. The molecule has 18 aromatic carbocycles. The van der Waals surface area contributed by atoms with Gasteiger partial charge in [-0.05, 0) is 231 Å². The van der Waals surface area contributed by atoms with Crippen LogP contribution in [0.1, 0.15) is 0 Å². The van der Waals surface area contributed by atoms with Gasteiger partial charge in [0.25, 0.3) is 0 Å². The van der Waals surface area contributed by atoms with E-state index in [1.54, 1.807) is 0 Å². The quantitative estimate of drug-likeness (QED) is 0.122. The number of para-hydroxylation sites is 6. The molecule has 0 N–H and O–H groups in total. The number of hydrogen-bond donors (Lipinski definition) is 0. The van der Waals surface area contributed by atoms with Crippen LogP contribution in [0.25, 0.3) is 232 Å². The number of aromatic nitrogens is 9. The van der Waals surface area contributed by atoms with Gasteiger partial charge in [0.1, 0.15) is 0 Å². The minimum Gasteiger partial charge on any atom is -0.309 e. The third kappa shape index (κ3) is 13.2. The van der Waals surface area contributed by atoms with Gasteiger partial charge >= 0.3 is 0 Å². The molecular formula is C123H81N9. The van der Waals surface area contributed by atoms with Crippen LogP contribution in [0.4, 0.5) is 0 Å². The predicted molar refractivity (Wildman–Crippen MR) is 551 cm³/mol. The fourth-order valence-corrected chi connectivity index (χ4v) is 20.3. The van der Waals surface area contributed by atoms with E-state index in [0.29, 0.717) is 0 Å². The van der Waals surface area contributed by atoms with Crippen molar-refractivity contribution in [2.45, 2.75) is 0 Å². The zero-order valence-electron chi connectivity index (χ0n) is 71.8. The largest absolute Gasteiger partial charge is 0.309 e. The Morgan fingerprint density at radius 2 is 0.326 bits per heavy atom. The lowest BCUT2D eigenvalue weighted by Crippen LogP contribution is -1.95. The fourth-order valence-electron chi connectivity index (χ4n) is 20.3. The molecule has 132 heavy (non-hydrogen) atoms. The molecule has 0 radical (unpaired) electrons. The molecule has 0 saturated heterocycles. The Balaban J connectivity index is 0.000000107. The molecule has 9 aromatic heterocycles. The molecule has 0 saturated carbocycles. The van der Waals surface area contributed by atoms with E-state index in [2.05, 4.69) is 497 Å². The molecule has 0 amide bonds. The summed E-state index contributed by atoms with van der Waals surface area (Å²) in [5.41, 5.74) is 35.4. The summed E-state index contributed by atoms with van der Waals surface area (Å²) in [5.74, 6) is 0. The first-order chi connectivity index (χ1) is 65.5. The Kier molecular flexibility index (Phi) is 18.7. The second-order valence-corrected chi connectivity index (χ2v) is 33.9. The second-order valence-electron chi connectivity index (χ2n) is 33.9. The summed E-state index contributed by atoms with van der Waals surface area (Å²) in [6, 6.07) is 164. The average Bonchev–Trinajstić information content (AvgIpc) is 1.59. The Labute approximate surface area is 761 Å². The van der Waals surface area contributed by atoms with E-state index in [1.807, 2.05) is 37.2 Å². The number of rotatable bonds is 12. The van der Waals surface area contributed by atoms with Crippen LogP contribution in [-0.2, 0) is 0 Å². The third-order valence-electron chi connectivity index (χ3n) is 26.4. The van der Waals surface area contributed by atoms with Gasteiger partial charge in [-0.3, -0.25) is 15.0 Å². The van der Waals surface area contributed by atoms with Crippen molar-refractivity contribution in [3.8, 4) is 101 Å². The van der Waals surface area contributed by atoms with Crippen LogP contribution in [0.2, 0.25) is 0 Å². The molecule has 9 heteroatoms. The molecule has 0 aliphatic rings. The first kappa shape index (κ1) is 76.6. The first-order valence-electron chi connectivity index (χ1n) is 44.9. The van der Waals surface area contributed by atoms with Crippen molar-refractivity contribution in [2.75, 3.05) is 0 Å². The van der Waals surface area contributed by atoms with E-state index in [4.69, 9.17) is 0 Å². The van der Waals surface area contributed by atoms with Gasteiger partial charge in [0.2, 0.25) is 0 Å². The minimum atomic E-state index is 1.10. The smallest absolute Gasteiger partial charge is 0.0724 e. The third-order valence-corrected chi connectivity index (χ3v) is 26.4. The number of benzene rings is 18. The van der Waals surface area contributed by atoms with Gasteiger partial charge in [-0.25, -0.2) is 0 Å². The number of hydrogen-bond acceptors (Lipinski definition) is 3. The molecule has 0 spiro atoms. The van der Waals surface area contributed by atoms with Crippen molar-refractivity contribution in [1.82, 2.24) is 42.4 Å². The van der Waals surface area contributed by atoms with E-state index in [0.717, 1.165) is 39.3 Å². The Morgan fingerprint density at radius 3 is 0.697 bits per heavy atom. The highest BCUT2D eigenvalue weighted by Crippen LogP contribution is 2.45. The van der Waals surface area contributed by atoms with E-state index in [1.165, 1.54) is 192 Å². The molecular weight excluding hydrogens is 1600 g/mol. The molecule has 618 valence electrons. The van der Waals surface area contributed by atoms with Gasteiger partial charge in [0.15, 0.2) is 0 Å². The van der Waals surface area contributed by atoms with Crippen molar-refractivity contribution in [2.24, 2.45) is 0 Å². The molecule has 9 heterocycles. The highest BCUT2D eigenvalue weighted by atomic mass is 15.0. The van der Waals surface area contributed by atoms with Gasteiger partial charge in [-0.2, -0.15) is 0 Å². The van der Waals surface area contributed by atoms with Crippen molar-refractivity contribution in [1.29, 1.82) is 0 Å². The van der Waals surface area contributed by atoms with Crippen LogP contribution in [-0.4, -0.2) is 42.4 Å². The monoisotopic (exact) mass is 1680 g/mol. The van der Waals surface area contributed by atoms with Gasteiger partial charge < -0.3 is 27.4 Å². The summed E-state index contributed by atoms with van der Waals surface area (Å²) in [5, 5.41) is 14.8. The van der Waals surface area contributed by atoms with Gasteiger partial charge in [-0.15, -0.1) is 0 Å². The summed E-state index contributed by atoms with van der Waals surface area (Å²) < 4.78 is 14.1. The Hall–Kier alpha value is -17.8. The zero-order valence-corrected chi connectivity index (χ0v) is 71.8. The van der Waals surface area contributed by atoms with Crippen LogP contribution in [0.5, 0.6) is 0 Å². The highest BCUT2D eigenvalue weighted by Gasteiger charge is 2.23. The predicted octanol–water partition coefficient (Wildman–Crippen LogP) is 31.8. The van der Waals surface area contributed by atoms with Crippen molar-refractivity contribution in [3.05, 3.63) is 492 Å². The van der Waals surface area contributed by atoms with Crippen LogP contribution < -0.4 is 0 Å². The van der Waals surface area contributed by atoms with Crippen molar-refractivity contribution in [3.63, 3.8) is 0 Å². The van der Waals surface area contributed by atoms with Crippen LogP contribution in [0.15, 0.2) is 492 Å². The summed E-state index contributed by atoms with van der Waals surface area (Å²) in [6.45, 7) is 0. The van der Waals surface area contributed by atoms with Crippen LogP contribution >= 0.6 is 0 Å². The van der Waals surface area contributed by atoms with Crippen LogP contribution in [0.3, 0.4) is 0 Å². The topological polar surface area (TPSA) is 68.2 Å². The number of pyridine rings is 3. The van der Waals surface area contributed by atoms with E-state index < -0.39 is 0 Å². The Morgan fingerprint density at radius 1 is 0.114 bits per heavy atom. The maximum atomic E-state index is 4.53. The SMILES string of the molecule is c1ccc(-c2ccc(-n3c4ccccc4c4cc(-c5ccc6c7ccncc7n(-c7ccc(-c8ccccc8)cc7)c6c5)ccc43)cc2)cc1.c1ccc(-c2cccc(-n3c4cnccc4c4ccc(-c5ccc6c(c5)c5ccccc5n6-c5ccccc5)cc43)c2)cc1.c1ccc(-n2c3ccc(-c4ccc5c6ccccc6n(-c6ccccc6)c5c4)cc3c3ccncc32)cc1. The molecule has 27 rings (SSSR count). The van der Waals surface area contributed by atoms with Crippen molar-refractivity contribution >= 4 is 131 Å². The lowest BCUT2D eigenvalue weighted by Gasteiger charge is -2.11. The summed E-state index contributed by atoms with van der Waals surface area (Å²) in [6.07, 6.45) is 11.6. The maximum Gasteiger partial charge on any atom is 0.0724 e. The lowest BCUT2D eigenvalue weighted by molar-refractivity contribution is 1.17. The maximum absolute atomic E-state index is 4.53. The molecule has 0 aliphatic carbocycles. The molecule has 9 nitrogen and oxygen atoms in total. The zero-order chi connectivity index (χ0) is 87.1. The van der Waals surface area contributed by atoms with Crippen molar-refractivity contribution < 1.29 is 0 Å². The normalized spacial score (nSPS) is 11.6. The number of fused-ring (bicyclic) bond motifs is 18. The average molecular weight is 1690 g/mol. The van der Waals surface area contributed by atoms with E-state index >= 15 is 0 Å². The summed E-state index contributed by atoms with van der Waals surface area (Å²) >= 11 is 0. The molecule has 0 unspecified atom stereocenters. The second kappa shape index (κ2) is 32.3. The summed E-state index contributed by atoms with van der Waals surface area (Å²) in [7, 11) is 0. The molecule has 0 aliphatic heterocycles. The molecule has 0 atom stereocenters. The fraction of sp³-hybridized carbons (Fsp3) is 0. The Bertz CT molecular complexity index is 9100. The minimum absolute atomic E-state index is 1.10.